The Hall–Kier alpha value is -1.33. The number of rotatable bonds is 5. The van der Waals surface area contributed by atoms with E-state index in [2.05, 4.69) is 17.2 Å². The standard InChI is InChI=1S/C14H16F2N2S/c1-3-7-17-9(2)12-8-19-14(18-12)13-10(15)5-4-6-11(13)16/h4-6,8-9,17H,3,7H2,1-2H3. The van der Waals surface area contributed by atoms with Gasteiger partial charge in [-0.1, -0.05) is 13.0 Å². The van der Waals surface area contributed by atoms with Crippen LogP contribution >= 0.6 is 11.3 Å². The van der Waals surface area contributed by atoms with Crippen LogP contribution in [-0.2, 0) is 0 Å². The smallest absolute Gasteiger partial charge is 0.136 e. The lowest BCUT2D eigenvalue weighted by Crippen LogP contribution is -2.19. The van der Waals surface area contributed by atoms with Crippen molar-refractivity contribution in [3.8, 4) is 10.6 Å². The fourth-order valence-corrected chi connectivity index (χ4v) is 2.73. The maximum Gasteiger partial charge on any atom is 0.136 e. The molecule has 2 nitrogen and oxygen atoms in total. The Morgan fingerprint density at radius 2 is 2.00 bits per heavy atom. The van der Waals surface area contributed by atoms with Crippen LogP contribution in [0.5, 0.6) is 0 Å². The van der Waals surface area contributed by atoms with E-state index in [9.17, 15) is 8.78 Å². The van der Waals surface area contributed by atoms with Gasteiger partial charge in [0.2, 0.25) is 0 Å². The van der Waals surface area contributed by atoms with Crippen LogP contribution in [0, 0.1) is 11.6 Å². The van der Waals surface area contributed by atoms with E-state index >= 15 is 0 Å². The van der Waals surface area contributed by atoms with Crippen molar-refractivity contribution in [2.75, 3.05) is 6.54 Å². The van der Waals surface area contributed by atoms with Crippen molar-refractivity contribution in [3.05, 3.63) is 40.9 Å². The van der Waals surface area contributed by atoms with Crippen LogP contribution in [0.25, 0.3) is 10.6 Å². The van der Waals surface area contributed by atoms with E-state index in [1.807, 2.05) is 12.3 Å². The largest absolute Gasteiger partial charge is 0.309 e. The highest BCUT2D eigenvalue weighted by molar-refractivity contribution is 7.13. The number of benzene rings is 1. The Bertz CT molecular complexity index is 534. The van der Waals surface area contributed by atoms with Gasteiger partial charge in [0.05, 0.1) is 11.3 Å². The van der Waals surface area contributed by atoms with Crippen LogP contribution in [0.1, 0.15) is 32.0 Å². The number of aromatic nitrogens is 1. The van der Waals surface area contributed by atoms with Crippen LogP contribution in [0.15, 0.2) is 23.6 Å². The van der Waals surface area contributed by atoms with Crippen molar-refractivity contribution in [1.29, 1.82) is 0 Å². The Morgan fingerprint density at radius 3 is 2.63 bits per heavy atom. The minimum atomic E-state index is -0.574. The normalized spacial score (nSPS) is 12.6. The van der Waals surface area contributed by atoms with Gasteiger partial charge in [-0.2, -0.15) is 0 Å². The second kappa shape index (κ2) is 6.21. The molecule has 0 aliphatic heterocycles. The molecule has 0 spiro atoms. The van der Waals surface area contributed by atoms with Crippen molar-refractivity contribution >= 4 is 11.3 Å². The molecule has 0 bridgehead atoms. The Kier molecular flexibility index (Phi) is 4.61. The highest BCUT2D eigenvalue weighted by Gasteiger charge is 2.16. The second-order valence-electron chi connectivity index (χ2n) is 4.35. The Balaban J connectivity index is 2.26. The average Bonchev–Trinajstić information content (AvgIpc) is 2.85. The highest BCUT2D eigenvalue weighted by Crippen LogP contribution is 2.30. The van der Waals surface area contributed by atoms with Gasteiger partial charge in [-0.05, 0) is 32.0 Å². The molecule has 0 fully saturated rings. The third kappa shape index (κ3) is 3.16. The molecule has 19 heavy (non-hydrogen) atoms. The van der Waals surface area contributed by atoms with E-state index in [1.165, 1.54) is 29.5 Å². The summed E-state index contributed by atoms with van der Waals surface area (Å²) in [6.45, 7) is 4.97. The molecule has 0 aliphatic rings. The highest BCUT2D eigenvalue weighted by atomic mass is 32.1. The molecule has 0 saturated carbocycles. The molecular formula is C14H16F2N2S. The number of hydrogen-bond donors (Lipinski definition) is 1. The lowest BCUT2D eigenvalue weighted by Gasteiger charge is -2.09. The van der Waals surface area contributed by atoms with E-state index < -0.39 is 11.6 Å². The molecule has 1 aromatic carbocycles. The molecule has 5 heteroatoms. The molecule has 0 amide bonds. The lowest BCUT2D eigenvalue weighted by atomic mass is 10.2. The number of hydrogen-bond acceptors (Lipinski definition) is 3. The lowest BCUT2D eigenvalue weighted by molar-refractivity contribution is 0.560. The molecule has 1 atom stereocenters. The number of nitrogens with zero attached hydrogens (tertiary/aromatic N) is 1. The maximum absolute atomic E-state index is 13.7. The predicted octanol–water partition coefficient (Wildman–Crippen LogP) is 4.15. The second-order valence-corrected chi connectivity index (χ2v) is 5.21. The summed E-state index contributed by atoms with van der Waals surface area (Å²) in [5.74, 6) is -1.15. The topological polar surface area (TPSA) is 24.9 Å². The SMILES string of the molecule is CCCNC(C)c1csc(-c2c(F)cccc2F)n1. The van der Waals surface area contributed by atoms with Crippen molar-refractivity contribution in [2.45, 2.75) is 26.3 Å². The zero-order valence-electron chi connectivity index (χ0n) is 10.9. The first-order chi connectivity index (χ1) is 9.13. The first kappa shape index (κ1) is 14.1. The first-order valence-electron chi connectivity index (χ1n) is 6.26. The van der Waals surface area contributed by atoms with Crippen molar-refractivity contribution < 1.29 is 8.78 Å². The van der Waals surface area contributed by atoms with Gasteiger partial charge in [-0.3, -0.25) is 0 Å². The van der Waals surface area contributed by atoms with Crippen molar-refractivity contribution in [1.82, 2.24) is 10.3 Å². The molecule has 0 radical (unpaired) electrons. The van der Waals surface area contributed by atoms with Crippen LogP contribution in [0.2, 0.25) is 0 Å². The summed E-state index contributed by atoms with van der Waals surface area (Å²) in [4.78, 5) is 4.33. The van der Waals surface area contributed by atoms with Gasteiger partial charge in [0, 0.05) is 11.4 Å². The van der Waals surface area contributed by atoms with Gasteiger partial charge >= 0.3 is 0 Å². The minimum absolute atomic E-state index is 0.0403. The third-order valence-electron chi connectivity index (χ3n) is 2.84. The molecule has 1 aromatic heterocycles. The summed E-state index contributed by atoms with van der Waals surface area (Å²) in [5.41, 5.74) is 0.776. The molecule has 102 valence electrons. The Morgan fingerprint density at radius 1 is 1.32 bits per heavy atom. The summed E-state index contributed by atoms with van der Waals surface area (Å²) in [5, 5.41) is 5.53. The summed E-state index contributed by atoms with van der Waals surface area (Å²) in [7, 11) is 0. The number of nitrogens with one attached hydrogen (secondary N) is 1. The van der Waals surface area contributed by atoms with E-state index in [0.717, 1.165) is 18.7 Å². The van der Waals surface area contributed by atoms with Crippen LogP contribution in [0.3, 0.4) is 0 Å². The zero-order valence-corrected chi connectivity index (χ0v) is 11.7. The van der Waals surface area contributed by atoms with E-state index in [4.69, 9.17) is 0 Å². The fourth-order valence-electron chi connectivity index (χ4n) is 1.77. The third-order valence-corrected chi connectivity index (χ3v) is 3.72. The maximum atomic E-state index is 13.7. The average molecular weight is 282 g/mol. The van der Waals surface area contributed by atoms with Crippen molar-refractivity contribution in [3.63, 3.8) is 0 Å². The molecule has 1 N–H and O–H groups in total. The Labute approximate surface area is 115 Å². The van der Waals surface area contributed by atoms with Gasteiger partial charge in [0.1, 0.15) is 16.6 Å². The van der Waals surface area contributed by atoms with Gasteiger partial charge in [-0.15, -0.1) is 11.3 Å². The molecular weight excluding hydrogens is 266 g/mol. The van der Waals surface area contributed by atoms with Crippen LogP contribution < -0.4 is 5.32 Å². The quantitative estimate of drug-likeness (QED) is 0.891. The summed E-state index contributed by atoms with van der Waals surface area (Å²) in [6.07, 6.45) is 1.03. The molecule has 1 heterocycles. The van der Waals surface area contributed by atoms with E-state index in [0.29, 0.717) is 5.01 Å². The zero-order chi connectivity index (χ0) is 13.8. The molecule has 1 unspecified atom stereocenters. The minimum Gasteiger partial charge on any atom is -0.309 e. The molecule has 2 aromatic rings. The monoisotopic (exact) mass is 282 g/mol. The molecule has 2 rings (SSSR count). The van der Waals surface area contributed by atoms with Crippen molar-refractivity contribution in [2.24, 2.45) is 0 Å². The van der Waals surface area contributed by atoms with E-state index in [-0.39, 0.29) is 11.6 Å². The number of halogens is 2. The summed E-state index contributed by atoms with van der Waals surface area (Å²) in [6, 6.07) is 3.93. The molecule has 0 saturated heterocycles. The summed E-state index contributed by atoms with van der Waals surface area (Å²) >= 11 is 1.26. The number of thiazole rings is 1. The van der Waals surface area contributed by atoms with E-state index in [1.54, 1.807) is 0 Å². The van der Waals surface area contributed by atoms with Gasteiger partial charge in [-0.25, -0.2) is 13.8 Å². The predicted molar refractivity (Wildman–Crippen MR) is 74.2 cm³/mol. The van der Waals surface area contributed by atoms with Crippen LogP contribution in [0.4, 0.5) is 8.78 Å². The molecule has 0 aliphatic carbocycles. The first-order valence-corrected chi connectivity index (χ1v) is 7.14. The van der Waals surface area contributed by atoms with Gasteiger partial charge in [0.15, 0.2) is 0 Å². The van der Waals surface area contributed by atoms with Crippen LogP contribution in [-0.4, -0.2) is 11.5 Å². The van der Waals surface area contributed by atoms with Gasteiger partial charge < -0.3 is 5.32 Å². The fraction of sp³-hybridized carbons (Fsp3) is 0.357. The van der Waals surface area contributed by atoms with Gasteiger partial charge in [0.25, 0.3) is 0 Å². The summed E-state index contributed by atoms with van der Waals surface area (Å²) < 4.78 is 27.3.